The molecule has 2 aromatic heterocycles. The first-order valence-corrected chi connectivity index (χ1v) is 12.9. The van der Waals surface area contributed by atoms with Gasteiger partial charge in [-0.2, -0.15) is 0 Å². The Labute approximate surface area is 270 Å². The van der Waals surface area contributed by atoms with Crippen molar-refractivity contribution in [2.24, 2.45) is 0 Å². The maximum Gasteiger partial charge on any atom is 0.134 e. The second-order valence-electron chi connectivity index (χ2n) is 9.01. The van der Waals surface area contributed by atoms with Crippen LogP contribution in [0.3, 0.4) is 0 Å². The van der Waals surface area contributed by atoms with E-state index in [1.54, 1.807) is 0 Å². The van der Waals surface area contributed by atoms with Gasteiger partial charge in [-0.25, -0.2) is 9.97 Å². The monoisotopic (exact) mass is 653 g/mol. The zero-order valence-corrected chi connectivity index (χ0v) is 26.8. The number of rotatable bonds is 6. The van der Waals surface area contributed by atoms with Gasteiger partial charge in [0, 0.05) is 45.1 Å². The molecule has 0 bridgehead atoms. The number of nitrogens with zero attached hydrogens (tertiary/aromatic N) is 4. The molecule has 0 atom stereocenters. The third-order valence-electron chi connectivity index (χ3n) is 6.24. The lowest BCUT2D eigenvalue weighted by molar-refractivity contribution is 0.260. The molecule has 0 unspecified atom stereocenters. The summed E-state index contributed by atoms with van der Waals surface area (Å²) in [5.41, 5.74) is 2.60. The maximum absolute atomic E-state index is 4.57. The highest BCUT2D eigenvalue weighted by atomic mass is 35.5. The Morgan fingerprint density at radius 3 is 1.65 bits per heavy atom. The number of nitrogens with one attached hydrogen (secondary N) is 3. The molecule has 0 spiro atoms. The molecule has 1 aromatic carbocycles. The molecule has 1 fully saturated rings. The van der Waals surface area contributed by atoms with E-state index in [9.17, 15) is 0 Å². The molecule has 0 aliphatic carbocycles. The van der Waals surface area contributed by atoms with E-state index in [2.05, 4.69) is 60.0 Å². The highest BCUT2D eigenvalue weighted by Gasteiger charge is 2.13. The van der Waals surface area contributed by atoms with Gasteiger partial charge in [-0.15, -0.1) is 62.0 Å². The number of benzene rings is 1. The van der Waals surface area contributed by atoms with E-state index in [4.69, 9.17) is 0 Å². The van der Waals surface area contributed by atoms with Gasteiger partial charge in [-0.1, -0.05) is 36.4 Å². The predicted molar refractivity (Wildman–Crippen MR) is 180 cm³/mol. The van der Waals surface area contributed by atoms with Crippen LogP contribution in [0.4, 0.5) is 11.6 Å². The first-order chi connectivity index (χ1) is 17.4. The van der Waals surface area contributed by atoms with Gasteiger partial charge in [-0.3, -0.25) is 4.90 Å². The van der Waals surface area contributed by atoms with Crippen molar-refractivity contribution in [1.82, 2.24) is 30.8 Å². The number of anilines is 2. The van der Waals surface area contributed by atoms with Gasteiger partial charge in [0.1, 0.15) is 11.6 Å². The Bertz CT molecular complexity index is 918. The number of hydrogen-bond acceptors (Lipinski definition) is 7. The molecule has 1 aliphatic rings. The van der Waals surface area contributed by atoms with Crippen LogP contribution < -0.4 is 20.9 Å². The van der Waals surface area contributed by atoms with Gasteiger partial charge >= 0.3 is 0 Å². The number of aromatic nitrogens is 2. The van der Waals surface area contributed by atoms with Crippen molar-refractivity contribution in [1.29, 1.82) is 0 Å². The molecule has 7 nitrogen and oxygen atoms in total. The Morgan fingerprint density at radius 2 is 1.10 bits per heavy atom. The summed E-state index contributed by atoms with van der Waals surface area (Å²) in [5.74, 6) is 1.80. The molecule has 226 valence electrons. The molecule has 1 saturated heterocycles. The van der Waals surface area contributed by atoms with E-state index in [1.165, 1.54) is 24.0 Å². The summed E-state index contributed by atoms with van der Waals surface area (Å²) in [4.78, 5) is 13.9. The van der Waals surface area contributed by atoms with Gasteiger partial charge in [0.15, 0.2) is 0 Å². The van der Waals surface area contributed by atoms with Crippen molar-refractivity contribution in [2.75, 3.05) is 57.3 Å². The quantitative estimate of drug-likeness (QED) is 0.334. The number of hydrogen-bond donors (Lipinski definition) is 3. The molecule has 3 N–H and O–H groups in total. The fraction of sp³-hybridized carbons (Fsp3) is 0.429. The summed E-state index contributed by atoms with van der Waals surface area (Å²) in [7, 11) is 0. The van der Waals surface area contributed by atoms with Crippen molar-refractivity contribution < 1.29 is 0 Å². The average molecular weight is 656 g/mol. The molecule has 4 rings (SSSR count). The highest BCUT2D eigenvalue weighted by molar-refractivity contribution is 5.86. The molecule has 1 aliphatic heterocycles. The summed E-state index contributed by atoms with van der Waals surface area (Å²) in [6.45, 7) is 10.2. The van der Waals surface area contributed by atoms with Crippen LogP contribution in [0.2, 0.25) is 0 Å². The fourth-order valence-electron chi connectivity index (χ4n) is 4.32. The van der Waals surface area contributed by atoms with Crippen LogP contribution in [0.25, 0.3) is 0 Å². The van der Waals surface area contributed by atoms with Gasteiger partial charge in [-0.05, 0) is 74.4 Å². The largest absolute Gasteiger partial charge is 0.315 e. The van der Waals surface area contributed by atoms with Gasteiger partial charge in [0.25, 0.3) is 0 Å². The summed E-state index contributed by atoms with van der Waals surface area (Å²) >= 11 is 0. The molecule has 3 heterocycles. The number of halogens is 5. The van der Waals surface area contributed by atoms with E-state index in [0.717, 1.165) is 77.1 Å². The summed E-state index contributed by atoms with van der Waals surface area (Å²) in [6, 6.07) is 21.0. The second kappa shape index (κ2) is 24.2. The van der Waals surface area contributed by atoms with E-state index in [0.29, 0.717) is 0 Å². The van der Waals surface area contributed by atoms with Crippen molar-refractivity contribution >= 4 is 73.7 Å². The third-order valence-corrected chi connectivity index (χ3v) is 6.24. The minimum absolute atomic E-state index is 0. The van der Waals surface area contributed by atoms with Crippen LogP contribution in [0, 0.1) is 0 Å². The summed E-state index contributed by atoms with van der Waals surface area (Å²) < 4.78 is 0. The fourth-order valence-corrected chi connectivity index (χ4v) is 4.32. The standard InChI is InChI=1S/C28H39N7.5ClH/c1-3-16-32-27(7-1)35(28-8-2-4-17-33-28)24-26-11-9-25(10-12-26)23-34-21-6-15-30-19-18-29-13-5-14-31-20-22-34;;;;;/h1-4,7-12,16-17,29-31H,5-6,13-15,18-24H2;5*1H. The average Bonchev–Trinajstić information content (AvgIpc) is 2.91. The van der Waals surface area contributed by atoms with E-state index >= 15 is 0 Å². The smallest absolute Gasteiger partial charge is 0.134 e. The maximum atomic E-state index is 4.57. The molecule has 0 amide bonds. The Morgan fingerprint density at radius 1 is 0.575 bits per heavy atom. The lowest BCUT2D eigenvalue weighted by atomic mass is 10.1. The predicted octanol–water partition coefficient (Wildman–Crippen LogP) is 5.29. The van der Waals surface area contributed by atoms with Crippen LogP contribution in [-0.2, 0) is 13.1 Å². The Balaban J connectivity index is 0. The minimum atomic E-state index is 0. The van der Waals surface area contributed by atoms with Crippen LogP contribution in [0.1, 0.15) is 24.0 Å². The SMILES string of the molecule is Cl.Cl.Cl.Cl.Cl.c1ccc(N(Cc2ccc(CN3CCCNCCNCCCNCC3)cc2)c2ccccn2)nc1. The molecule has 12 heteroatoms. The summed E-state index contributed by atoms with van der Waals surface area (Å²) in [6.07, 6.45) is 6.00. The first-order valence-electron chi connectivity index (χ1n) is 12.9. The summed E-state index contributed by atoms with van der Waals surface area (Å²) in [5, 5.41) is 10.7. The molecule has 0 radical (unpaired) electrons. The topological polar surface area (TPSA) is 68.3 Å². The van der Waals surface area contributed by atoms with Crippen molar-refractivity contribution in [2.45, 2.75) is 25.9 Å². The van der Waals surface area contributed by atoms with Gasteiger partial charge in [0.2, 0.25) is 0 Å². The second-order valence-corrected chi connectivity index (χ2v) is 9.01. The molecule has 3 aromatic rings. The first kappa shape index (κ1) is 40.7. The molecule has 40 heavy (non-hydrogen) atoms. The van der Waals surface area contributed by atoms with Gasteiger partial charge < -0.3 is 20.9 Å². The van der Waals surface area contributed by atoms with E-state index < -0.39 is 0 Å². The molecular weight excluding hydrogens is 612 g/mol. The molecule has 0 saturated carbocycles. The minimum Gasteiger partial charge on any atom is -0.315 e. The highest BCUT2D eigenvalue weighted by Crippen LogP contribution is 2.23. The van der Waals surface area contributed by atoms with Crippen LogP contribution in [-0.4, -0.2) is 67.2 Å². The van der Waals surface area contributed by atoms with E-state index in [1.807, 2.05) is 48.8 Å². The normalized spacial score (nSPS) is 14.8. The Kier molecular flexibility index (Phi) is 24.7. The van der Waals surface area contributed by atoms with Crippen LogP contribution >= 0.6 is 62.0 Å². The molecular formula is C28H44Cl5N7. The third kappa shape index (κ3) is 14.5. The zero-order chi connectivity index (χ0) is 24.0. The van der Waals surface area contributed by atoms with Crippen LogP contribution in [0.15, 0.2) is 73.1 Å². The lowest BCUT2D eigenvalue weighted by Crippen LogP contribution is -2.36. The van der Waals surface area contributed by atoms with Crippen molar-refractivity contribution in [3.8, 4) is 0 Å². The number of pyridine rings is 2. The van der Waals surface area contributed by atoms with Crippen molar-refractivity contribution in [3.05, 3.63) is 84.2 Å². The Hall–Kier alpha value is -1.39. The zero-order valence-electron chi connectivity index (χ0n) is 22.7. The lowest BCUT2D eigenvalue weighted by Gasteiger charge is -2.24. The van der Waals surface area contributed by atoms with Gasteiger partial charge in [0.05, 0.1) is 6.54 Å². The van der Waals surface area contributed by atoms with E-state index in [-0.39, 0.29) is 62.0 Å². The van der Waals surface area contributed by atoms with Crippen molar-refractivity contribution in [3.63, 3.8) is 0 Å². The van der Waals surface area contributed by atoms with Crippen LogP contribution in [0.5, 0.6) is 0 Å².